The summed E-state index contributed by atoms with van der Waals surface area (Å²) in [5.74, 6) is 3.32. The van der Waals surface area contributed by atoms with Gasteiger partial charge in [0.1, 0.15) is 29.6 Å². The van der Waals surface area contributed by atoms with Gasteiger partial charge in [-0.15, -0.1) is 0 Å². The fourth-order valence-electron chi connectivity index (χ4n) is 2.57. The summed E-state index contributed by atoms with van der Waals surface area (Å²) >= 11 is 6.71. The molecule has 2 aromatic rings. The molecule has 0 unspecified atom stereocenters. The van der Waals surface area contributed by atoms with E-state index >= 15 is 0 Å². The zero-order valence-corrected chi connectivity index (χ0v) is 19.6. The Bertz CT molecular complexity index is 786. The number of rotatable bonds is 7. The summed E-state index contributed by atoms with van der Waals surface area (Å²) in [7, 11) is 0. The van der Waals surface area contributed by atoms with Crippen molar-refractivity contribution in [2.24, 2.45) is 0 Å². The van der Waals surface area contributed by atoms with Crippen LogP contribution in [0.1, 0.15) is 38.8 Å². The molecule has 0 fully saturated rings. The number of hydrogen-bond acceptors (Lipinski definition) is 3. The van der Waals surface area contributed by atoms with Crippen LogP contribution in [0.4, 0.5) is 0 Å². The van der Waals surface area contributed by atoms with Crippen LogP contribution in [0.25, 0.3) is 0 Å². The van der Waals surface area contributed by atoms with Crippen molar-refractivity contribution in [1.29, 1.82) is 0 Å². The van der Waals surface area contributed by atoms with Crippen LogP contribution in [0.3, 0.4) is 0 Å². The van der Waals surface area contributed by atoms with Crippen molar-refractivity contribution in [3.8, 4) is 23.0 Å². The molecule has 0 atom stereocenters. The Morgan fingerprint density at radius 2 is 1.59 bits per heavy atom. The first-order valence-electron chi connectivity index (χ1n) is 8.90. The molecule has 146 valence electrons. The van der Waals surface area contributed by atoms with Gasteiger partial charge in [-0.1, -0.05) is 20.8 Å². The van der Waals surface area contributed by atoms with E-state index in [1.165, 1.54) is 0 Å². The molecule has 0 spiro atoms. The molecule has 5 heteroatoms. The average molecular weight is 498 g/mol. The van der Waals surface area contributed by atoms with Crippen molar-refractivity contribution in [3.63, 3.8) is 0 Å². The zero-order chi connectivity index (χ0) is 20.0. The maximum Gasteiger partial charge on any atom is 0.130 e. The molecule has 27 heavy (non-hydrogen) atoms. The van der Waals surface area contributed by atoms with Crippen LogP contribution in [0.5, 0.6) is 23.0 Å². The van der Waals surface area contributed by atoms with Gasteiger partial charge in [0.25, 0.3) is 0 Å². The van der Waals surface area contributed by atoms with E-state index in [1.54, 1.807) is 0 Å². The third kappa shape index (κ3) is 6.58. The second kappa shape index (κ2) is 9.65. The minimum atomic E-state index is -0.0741. The number of ether oxygens (including phenoxy) is 3. The summed E-state index contributed by atoms with van der Waals surface area (Å²) in [5, 5.41) is 0. The summed E-state index contributed by atoms with van der Waals surface area (Å²) in [5.41, 5.74) is 2.05. The Hall–Kier alpha value is -1.46. The molecule has 0 aromatic heterocycles. The molecule has 0 radical (unpaired) electrons. The van der Waals surface area contributed by atoms with Gasteiger partial charge in [0.15, 0.2) is 0 Å². The molecule has 0 saturated carbocycles. The molecule has 2 rings (SSSR count). The van der Waals surface area contributed by atoms with Crippen LogP contribution in [0.15, 0.2) is 45.9 Å². The normalized spacial score (nSPS) is 11.1. The molecule has 0 N–H and O–H groups in total. The third-order valence-corrected chi connectivity index (χ3v) is 4.57. The van der Waals surface area contributed by atoms with Gasteiger partial charge in [0.2, 0.25) is 0 Å². The lowest BCUT2D eigenvalue weighted by atomic mass is 9.85. The summed E-state index contributed by atoms with van der Waals surface area (Å²) in [6.07, 6.45) is 1.92. The molecular weight excluding hydrogens is 472 g/mol. The van der Waals surface area contributed by atoms with Crippen molar-refractivity contribution >= 4 is 31.9 Å². The predicted octanol–water partition coefficient (Wildman–Crippen LogP) is 7.49. The van der Waals surface area contributed by atoms with Crippen molar-refractivity contribution in [2.45, 2.75) is 40.0 Å². The smallest absolute Gasteiger partial charge is 0.130 e. The van der Waals surface area contributed by atoms with Crippen LogP contribution in [-0.4, -0.2) is 13.2 Å². The largest absolute Gasteiger partial charge is 0.494 e. The van der Waals surface area contributed by atoms with E-state index in [0.717, 1.165) is 37.5 Å². The van der Waals surface area contributed by atoms with Crippen molar-refractivity contribution in [3.05, 3.63) is 57.0 Å². The van der Waals surface area contributed by atoms with E-state index < -0.39 is 0 Å². The van der Waals surface area contributed by atoms with Crippen molar-refractivity contribution < 1.29 is 14.2 Å². The van der Waals surface area contributed by atoms with Crippen LogP contribution in [0.2, 0.25) is 0 Å². The molecule has 0 aliphatic carbocycles. The summed E-state index contributed by atoms with van der Waals surface area (Å²) in [6.45, 7) is 11.6. The van der Waals surface area contributed by atoms with Gasteiger partial charge < -0.3 is 14.2 Å². The fourth-order valence-corrected chi connectivity index (χ4v) is 2.83. The highest BCUT2D eigenvalue weighted by molar-refractivity contribution is 9.28. The molecule has 0 aliphatic heterocycles. The molecule has 2 aromatic carbocycles. The fraction of sp³-hybridized carbons (Fsp3) is 0.364. The lowest BCUT2D eigenvalue weighted by Gasteiger charge is -2.24. The highest BCUT2D eigenvalue weighted by Gasteiger charge is 2.21. The lowest BCUT2D eigenvalue weighted by Crippen LogP contribution is -2.14. The van der Waals surface area contributed by atoms with Gasteiger partial charge in [-0.3, -0.25) is 0 Å². The third-order valence-electron chi connectivity index (χ3n) is 3.92. The molecule has 0 saturated heterocycles. The van der Waals surface area contributed by atoms with Gasteiger partial charge in [0.05, 0.1) is 10.00 Å². The highest BCUT2D eigenvalue weighted by atomic mass is 79.9. The SMILES string of the molecule is CCOc1ccc(Oc2cc(C(C)(C)C)c(OCC=C(Br)Br)cc2C)cc1. The van der Waals surface area contributed by atoms with E-state index in [0.29, 0.717) is 13.2 Å². The first-order chi connectivity index (χ1) is 12.7. The van der Waals surface area contributed by atoms with Gasteiger partial charge in [-0.2, -0.15) is 0 Å². The topological polar surface area (TPSA) is 27.7 Å². The minimum absolute atomic E-state index is 0.0741. The van der Waals surface area contributed by atoms with Crippen LogP contribution in [0, 0.1) is 6.92 Å². The molecule has 0 aliphatic rings. The predicted molar refractivity (Wildman–Crippen MR) is 119 cm³/mol. The van der Waals surface area contributed by atoms with Crippen molar-refractivity contribution in [1.82, 2.24) is 0 Å². The molecule has 0 bridgehead atoms. The molecule has 0 heterocycles. The van der Waals surface area contributed by atoms with Gasteiger partial charge in [0, 0.05) is 5.56 Å². The second-order valence-corrected chi connectivity index (χ2v) is 9.95. The van der Waals surface area contributed by atoms with Crippen LogP contribution < -0.4 is 14.2 Å². The molecule has 0 amide bonds. The second-order valence-electron chi connectivity index (χ2n) is 7.18. The number of hydrogen-bond donors (Lipinski definition) is 0. The van der Waals surface area contributed by atoms with E-state index in [9.17, 15) is 0 Å². The number of benzene rings is 2. The van der Waals surface area contributed by atoms with Crippen LogP contribution in [-0.2, 0) is 5.41 Å². The first-order valence-corrected chi connectivity index (χ1v) is 10.5. The van der Waals surface area contributed by atoms with E-state index in [4.69, 9.17) is 14.2 Å². The van der Waals surface area contributed by atoms with Gasteiger partial charge in [-0.25, -0.2) is 0 Å². The van der Waals surface area contributed by atoms with E-state index in [-0.39, 0.29) is 5.41 Å². The quantitative estimate of drug-likeness (QED) is 0.396. The summed E-state index contributed by atoms with van der Waals surface area (Å²) in [6, 6.07) is 11.8. The van der Waals surface area contributed by atoms with E-state index in [2.05, 4.69) is 58.7 Å². The van der Waals surface area contributed by atoms with Crippen molar-refractivity contribution in [2.75, 3.05) is 13.2 Å². The molecule has 3 nitrogen and oxygen atoms in total. The Morgan fingerprint density at radius 3 is 2.15 bits per heavy atom. The Balaban J connectivity index is 2.30. The standard InChI is InChI=1S/C22H26Br2O3/c1-6-25-16-7-9-17(10-8-16)27-19-14-18(22(3,4)5)20(13-15(19)2)26-12-11-21(23)24/h7-11,13-14H,6,12H2,1-5H3. The highest BCUT2D eigenvalue weighted by Crippen LogP contribution is 2.38. The monoisotopic (exact) mass is 496 g/mol. The zero-order valence-electron chi connectivity index (χ0n) is 16.4. The van der Waals surface area contributed by atoms with E-state index in [1.807, 2.05) is 50.3 Å². The molecular formula is C22H26Br2O3. The Labute approximate surface area is 179 Å². The number of halogens is 2. The van der Waals surface area contributed by atoms with Gasteiger partial charge >= 0.3 is 0 Å². The van der Waals surface area contributed by atoms with Gasteiger partial charge in [-0.05, 0) is 99.2 Å². The maximum absolute atomic E-state index is 6.14. The summed E-state index contributed by atoms with van der Waals surface area (Å²) < 4.78 is 18.5. The number of aryl methyl sites for hydroxylation is 1. The minimum Gasteiger partial charge on any atom is -0.494 e. The lowest BCUT2D eigenvalue weighted by molar-refractivity contribution is 0.339. The Morgan fingerprint density at radius 1 is 0.963 bits per heavy atom. The maximum atomic E-state index is 6.14. The average Bonchev–Trinajstić information content (AvgIpc) is 2.57. The van der Waals surface area contributed by atoms with Crippen LogP contribution >= 0.6 is 31.9 Å². The first kappa shape index (κ1) is 21.8. The summed E-state index contributed by atoms with van der Waals surface area (Å²) in [4.78, 5) is 0. The Kier molecular flexibility index (Phi) is 7.80.